The van der Waals surface area contributed by atoms with Gasteiger partial charge in [0.1, 0.15) is 11.7 Å². The maximum atomic E-state index is 13.9. The Morgan fingerprint density at radius 2 is 1.79 bits per heavy atom. The van der Waals surface area contributed by atoms with Crippen molar-refractivity contribution in [1.82, 2.24) is 0 Å². The first-order valence-electron chi connectivity index (χ1n) is 5.51. The second kappa shape index (κ2) is 5.52. The second-order valence-electron chi connectivity index (χ2n) is 3.90. The van der Waals surface area contributed by atoms with E-state index in [0.29, 0.717) is 11.1 Å². The average molecular weight is 271 g/mol. The minimum absolute atomic E-state index is 0.106. The van der Waals surface area contributed by atoms with Gasteiger partial charge in [-0.15, -0.1) is 0 Å². The fourth-order valence-corrected chi connectivity index (χ4v) is 2.20. The Balaban J connectivity index is 2.65. The zero-order chi connectivity index (χ0) is 13.8. The van der Waals surface area contributed by atoms with Gasteiger partial charge in [-0.05, 0) is 23.8 Å². The molecule has 2 aromatic carbocycles. The third-order valence-electron chi connectivity index (χ3n) is 2.81. The summed E-state index contributed by atoms with van der Waals surface area (Å²) >= 11 is 5.97. The SMILES string of the molecule is N#Cc1ccccc1[C@H](C#N)c1c(F)cccc1Cl. The van der Waals surface area contributed by atoms with Crippen LogP contribution in [0.1, 0.15) is 22.6 Å². The number of benzene rings is 2. The molecule has 0 aliphatic rings. The van der Waals surface area contributed by atoms with E-state index in [1.165, 1.54) is 18.2 Å². The lowest BCUT2D eigenvalue weighted by atomic mass is 9.89. The highest BCUT2D eigenvalue weighted by molar-refractivity contribution is 6.31. The number of halogens is 2. The Labute approximate surface area is 115 Å². The molecule has 2 nitrogen and oxygen atoms in total. The molecule has 0 aromatic heterocycles. The van der Waals surface area contributed by atoms with E-state index in [9.17, 15) is 9.65 Å². The van der Waals surface area contributed by atoms with Gasteiger partial charge in [-0.3, -0.25) is 0 Å². The summed E-state index contributed by atoms with van der Waals surface area (Å²) in [4.78, 5) is 0. The van der Waals surface area contributed by atoms with Gasteiger partial charge in [-0.25, -0.2) is 4.39 Å². The van der Waals surface area contributed by atoms with Crippen LogP contribution in [0.2, 0.25) is 5.02 Å². The van der Waals surface area contributed by atoms with Crippen LogP contribution in [0.4, 0.5) is 4.39 Å². The van der Waals surface area contributed by atoms with E-state index in [2.05, 4.69) is 0 Å². The van der Waals surface area contributed by atoms with Crippen LogP contribution >= 0.6 is 11.6 Å². The number of hydrogen-bond donors (Lipinski definition) is 0. The van der Waals surface area contributed by atoms with Crippen molar-refractivity contribution in [2.75, 3.05) is 0 Å². The van der Waals surface area contributed by atoms with E-state index in [-0.39, 0.29) is 10.6 Å². The van der Waals surface area contributed by atoms with Crippen molar-refractivity contribution in [3.8, 4) is 12.1 Å². The van der Waals surface area contributed by atoms with Crippen LogP contribution < -0.4 is 0 Å². The van der Waals surface area contributed by atoms with Crippen molar-refractivity contribution in [3.05, 3.63) is 70.0 Å². The van der Waals surface area contributed by atoms with Crippen molar-refractivity contribution in [1.29, 1.82) is 10.5 Å². The topological polar surface area (TPSA) is 47.6 Å². The number of hydrogen-bond acceptors (Lipinski definition) is 2. The van der Waals surface area contributed by atoms with Gasteiger partial charge in [-0.1, -0.05) is 35.9 Å². The minimum atomic E-state index is -0.899. The first kappa shape index (κ1) is 13.1. The molecular formula is C15H8ClFN2. The van der Waals surface area contributed by atoms with E-state index < -0.39 is 11.7 Å². The summed E-state index contributed by atoms with van der Waals surface area (Å²) < 4.78 is 13.9. The van der Waals surface area contributed by atoms with Gasteiger partial charge < -0.3 is 0 Å². The lowest BCUT2D eigenvalue weighted by Crippen LogP contribution is -2.04. The standard InChI is InChI=1S/C15H8ClFN2/c16-13-6-3-7-14(17)15(13)12(9-19)11-5-2-1-4-10(11)8-18/h1-7,12H/t12-/m0/s1. The van der Waals surface area contributed by atoms with Gasteiger partial charge >= 0.3 is 0 Å². The summed E-state index contributed by atoms with van der Waals surface area (Å²) in [5.41, 5.74) is 0.905. The molecule has 0 aliphatic carbocycles. The van der Waals surface area contributed by atoms with Crippen LogP contribution in [0, 0.1) is 28.5 Å². The van der Waals surface area contributed by atoms with E-state index in [0.717, 1.165) is 0 Å². The molecule has 0 fully saturated rings. The summed E-state index contributed by atoms with van der Waals surface area (Å²) in [6.07, 6.45) is 0. The van der Waals surface area contributed by atoms with Crippen molar-refractivity contribution in [2.45, 2.75) is 5.92 Å². The van der Waals surface area contributed by atoms with Crippen LogP contribution in [0.5, 0.6) is 0 Å². The van der Waals surface area contributed by atoms with Gasteiger partial charge in [0.05, 0.1) is 17.7 Å². The third kappa shape index (κ3) is 2.42. The smallest absolute Gasteiger partial charge is 0.129 e. The molecule has 2 rings (SSSR count). The minimum Gasteiger partial charge on any atom is -0.207 e. The van der Waals surface area contributed by atoms with Gasteiger partial charge in [0.25, 0.3) is 0 Å². The van der Waals surface area contributed by atoms with Crippen molar-refractivity contribution < 1.29 is 4.39 Å². The highest BCUT2D eigenvalue weighted by Gasteiger charge is 2.22. The molecule has 19 heavy (non-hydrogen) atoms. The summed E-state index contributed by atoms with van der Waals surface area (Å²) in [5, 5.41) is 18.6. The molecule has 92 valence electrons. The molecule has 0 heterocycles. The number of nitrogens with zero attached hydrogens (tertiary/aromatic N) is 2. The highest BCUT2D eigenvalue weighted by Crippen LogP contribution is 2.33. The Bertz CT molecular complexity index is 678. The van der Waals surface area contributed by atoms with Gasteiger partial charge in [0.2, 0.25) is 0 Å². The fourth-order valence-electron chi connectivity index (χ4n) is 1.93. The molecule has 0 saturated carbocycles. The van der Waals surface area contributed by atoms with E-state index >= 15 is 0 Å². The van der Waals surface area contributed by atoms with Gasteiger partial charge in [-0.2, -0.15) is 10.5 Å². The molecular weight excluding hydrogens is 263 g/mol. The predicted octanol–water partition coefficient (Wildman–Crippen LogP) is 4.01. The second-order valence-corrected chi connectivity index (χ2v) is 4.30. The average Bonchev–Trinajstić information content (AvgIpc) is 2.43. The largest absolute Gasteiger partial charge is 0.207 e. The summed E-state index contributed by atoms with van der Waals surface area (Å²) in [5.74, 6) is -1.45. The van der Waals surface area contributed by atoms with E-state index in [1.54, 1.807) is 24.3 Å². The van der Waals surface area contributed by atoms with Crippen LogP contribution in [0.25, 0.3) is 0 Å². The maximum Gasteiger partial charge on any atom is 0.129 e. The Morgan fingerprint density at radius 3 is 2.42 bits per heavy atom. The van der Waals surface area contributed by atoms with Crippen LogP contribution in [-0.4, -0.2) is 0 Å². The van der Waals surface area contributed by atoms with Gasteiger partial charge in [0.15, 0.2) is 0 Å². The Kier molecular flexibility index (Phi) is 3.80. The third-order valence-corrected chi connectivity index (χ3v) is 3.14. The normalized spacial score (nSPS) is 11.4. The Hall–Kier alpha value is -2.36. The predicted molar refractivity (Wildman–Crippen MR) is 70.0 cm³/mol. The van der Waals surface area contributed by atoms with Gasteiger partial charge in [0, 0.05) is 10.6 Å². The van der Waals surface area contributed by atoms with E-state index in [1.807, 2.05) is 12.1 Å². The first-order chi connectivity index (χ1) is 9.19. The lowest BCUT2D eigenvalue weighted by Gasteiger charge is -2.13. The summed E-state index contributed by atoms with van der Waals surface area (Å²) in [6, 6.07) is 14.9. The molecule has 2 aromatic rings. The molecule has 0 saturated heterocycles. The van der Waals surface area contributed by atoms with Crippen molar-refractivity contribution in [2.24, 2.45) is 0 Å². The zero-order valence-electron chi connectivity index (χ0n) is 9.77. The van der Waals surface area contributed by atoms with Crippen LogP contribution in [0.3, 0.4) is 0 Å². The van der Waals surface area contributed by atoms with Crippen LogP contribution in [0.15, 0.2) is 42.5 Å². The molecule has 0 aliphatic heterocycles. The quantitative estimate of drug-likeness (QED) is 0.828. The van der Waals surface area contributed by atoms with E-state index in [4.69, 9.17) is 16.9 Å². The molecule has 0 bridgehead atoms. The number of nitriles is 2. The highest BCUT2D eigenvalue weighted by atomic mass is 35.5. The van der Waals surface area contributed by atoms with Crippen molar-refractivity contribution in [3.63, 3.8) is 0 Å². The first-order valence-corrected chi connectivity index (χ1v) is 5.89. The van der Waals surface area contributed by atoms with Crippen molar-refractivity contribution >= 4 is 11.6 Å². The Morgan fingerprint density at radius 1 is 1.05 bits per heavy atom. The monoisotopic (exact) mass is 270 g/mol. The molecule has 0 spiro atoms. The summed E-state index contributed by atoms with van der Waals surface area (Å²) in [6.45, 7) is 0. The maximum absolute atomic E-state index is 13.9. The zero-order valence-corrected chi connectivity index (χ0v) is 10.5. The fraction of sp³-hybridized carbons (Fsp3) is 0.0667. The molecule has 4 heteroatoms. The molecule has 0 radical (unpaired) electrons. The molecule has 1 atom stereocenters. The summed E-state index contributed by atoms with van der Waals surface area (Å²) in [7, 11) is 0. The molecule has 0 amide bonds. The van der Waals surface area contributed by atoms with Crippen LogP contribution in [-0.2, 0) is 0 Å². The molecule has 0 unspecified atom stereocenters. The number of rotatable bonds is 2. The lowest BCUT2D eigenvalue weighted by molar-refractivity contribution is 0.609. The molecule has 0 N–H and O–H groups in total.